The van der Waals surface area contributed by atoms with Crippen molar-refractivity contribution in [2.24, 2.45) is 20.0 Å². The molecule has 0 heterocycles. The van der Waals surface area contributed by atoms with Gasteiger partial charge < -0.3 is 0 Å². The number of nitrogens with zero attached hydrogens (tertiary/aromatic N) is 4. The first-order valence-electron chi connectivity index (χ1n) is 21.1. The summed E-state index contributed by atoms with van der Waals surface area (Å²) in [4.78, 5) is 19.4. The Morgan fingerprint density at radius 1 is 0.263 bits per heavy atom. The van der Waals surface area contributed by atoms with Crippen molar-refractivity contribution in [3.63, 3.8) is 0 Å². The van der Waals surface area contributed by atoms with Crippen LogP contribution in [0.5, 0.6) is 0 Å². The first kappa shape index (κ1) is 49.2. The predicted octanol–water partition coefficient (Wildman–Crippen LogP) is 16.6. The van der Waals surface area contributed by atoms with Gasteiger partial charge in [0.05, 0.1) is 22.7 Å². The van der Waals surface area contributed by atoms with E-state index in [9.17, 15) is 0 Å². The Bertz CT molecular complexity index is 1580. The third-order valence-electron chi connectivity index (χ3n) is 10.3. The maximum absolute atomic E-state index is 4.84. The van der Waals surface area contributed by atoms with Crippen molar-refractivity contribution in [1.29, 1.82) is 0 Å². The number of aliphatic imine (C=N–C) groups is 4. The van der Waals surface area contributed by atoms with Gasteiger partial charge in [0.25, 0.3) is 0 Å². The molecule has 0 aliphatic rings. The Hall–Kier alpha value is -3.95. The minimum atomic E-state index is 0. The van der Waals surface area contributed by atoms with Crippen molar-refractivity contribution in [2.75, 3.05) is 0 Å². The predicted molar refractivity (Wildman–Crippen MR) is 251 cm³/mol. The van der Waals surface area contributed by atoms with Gasteiger partial charge in [-0.25, -0.2) is 0 Å². The second kappa shape index (κ2) is 23.5. The van der Waals surface area contributed by atoms with Crippen LogP contribution in [0.25, 0.3) is 0 Å². The molecule has 0 aliphatic carbocycles. The monoisotopic (exact) mass is 811 g/mol. The summed E-state index contributed by atoms with van der Waals surface area (Å²) < 4.78 is 0. The van der Waals surface area contributed by atoms with Crippen molar-refractivity contribution >= 4 is 47.6 Å². The standard InChI is InChI=1S/2C26H36N2.Ni/c2*1-17(2)21-11-9-12-22(18(3)4)25(21)27-15-16-28-26-23(19(5)6)13-10-14-24(26)20(7)8;/h2*9-20H,1-8H3;. The first-order chi connectivity index (χ1) is 26.5. The van der Waals surface area contributed by atoms with Crippen LogP contribution < -0.4 is 0 Å². The van der Waals surface area contributed by atoms with E-state index in [1.807, 2.05) is 24.9 Å². The van der Waals surface area contributed by atoms with Gasteiger partial charge >= 0.3 is 0 Å². The molecule has 4 nitrogen and oxygen atoms in total. The van der Waals surface area contributed by atoms with Crippen LogP contribution in [0.2, 0.25) is 0 Å². The molecule has 0 radical (unpaired) electrons. The van der Waals surface area contributed by atoms with E-state index in [0.29, 0.717) is 47.3 Å². The van der Waals surface area contributed by atoms with Gasteiger partial charge in [0.2, 0.25) is 0 Å². The molecular formula is C52H72N4Ni. The molecule has 4 aromatic rings. The number of rotatable bonds is 14. The van der Waals surface area contributed by atoms with Gasteiger partial charge in [-0.1, -0.05) is 184 Å². The molecule has 0 fully saturated rings. The van der Waals surface area contributed by atoms with E-state index < -0.39 is 0 Å². The van der Waals surface area contributed by atoms with E-state index >= 15 is 0 Å². The van der Waals surface area contributed by atoms with Crippen molar-refractivity contribution < 1.29 is 16.5 Å². The second-order valence-corrected chi connectivity index (χ2v) is 17.5. The third kappa shape index (κ3) is 13.6. The third-order valence-corrected chi connectivity index (χ3v) is 10.3. The molecule has 0 atom stereocenters. The van der Waals surface area contributed by atoms with Crippen molar-refractivity contribution in [3.05, 3.63) is 117 Å². The number of para-hydroxylation sites is 4. The summed E-state index contributed by atoms with van der Waals surface area (Å²) in [5.74, 6) is 3.53. The van der Waals surface area contributed by atoms with Crippen LogP contribution in [0.15, 0.2) is 92.8 Å². The van der Waals surface area contributed by atoms with E-state index in [0.717, 1.165) is 22.7 Å². The molecule has 0 amide bonds. The van der Waals surface area contributed by atoms with Crippen LogP contribution in [-0.2, 0) is 16.5 Å². The summed E-state index contributed by atoms with van der Waals surface area (Å²) in [6.45, 7) is 35.6. The Morgan fingerprint density at radius 3 is 0.491 bits per heavy atom. The fraction of sp³-hybridized carbons (Fsp3) is 0.462. The zero-order valence-corrected chi connectivity index (χ0v) is 38.9. The van der Waals surface area contributed by atoms with Gasteiger partial charge in [0.1, 0.15) is 0 Å². The number of hydrogen-bond donors (Lipinski definition) is 0. The molecule has 4 rings (SSSR count). The smallest absolute Gasteiger partial charge is 0.0699 e. The molecule has 0 unspecified atom stereocenters. The number of benzene rings is 4. The molecule has 0 spiro atoms. The first-order valence-corrected chi connectivity index (χ1v) is 21.1. The molecule has 0 saturated carbocycles. The summed E-state index contributed by atoms with van der Waals surface area (Å²) in [5, 5.41) is 0. The zero-order chi connectivity index (χ0) is 41.7. The van der Waals surface area contributed by atoms with E-state index in [1.54, 1.807) is 0 Å². The molecule has 4 aromatic carbocycles. The fourth-order valence-electron chi connectivity index (χ4n) is 7.07. The van der Waals surface area contributed by atoms with Gasteiger partial charge in [0, 0.05) is 41.3 Å². The molecule has 0 aliphatic heterocycles. The average Bonchev–Trinajstić information content (AvgIpc) is 3.14. The Morgan fingerprint density at radius 2 is 0.386 bits per heavy atom. The van der Waals surface area contributed by atoms with E-state index in [2.05, 4.69) is 184 Å². The summed E-state index contributed by atoms with van der Waals surface area (Å²) in [5.41, 5.74) is 14.7. The topological polar surface area (TPSA) is 49.4 Å². The SMILES string of the molecule is CC(C)c1cccc(C(C)C)c1N=CC=Nc1c(C(C)C)cccc1C(C)C.CC(C)c1cccc(C(C)C)c1N=CC=Nc1c(C(C)C)cccc1C(C)C.[Ni]. The summed E-state index contributed by atoms with van der Waals surface area (Å²) >= 11 is 0. The summed E-state index contributed by atoms with van der Waals surface area (Å²) in [6, 6.07) is 26.1. The molecule has 0 aromatic heterocycles. The van der Waals surface area contributed by atoms with Gasteiger partial charge in [-0.05, 0) is 91.9 Å². The maximum Gasteiger partial charge on any atom is 0.0699 e. The van der Waals surface area contributed by atoms with Crippen LogP contribution in [0.1, 0.15) is 203 Å². The molecule has 0 saturated heterocycles. The van der Waals surface area contributed by atoms with Crippen LogP contribution in [0.3, 0.4) is 0 Å². The normalized spacial score (nSPS) is 12.4. The minimum Gasteiger partial charge on any atom is -0.255 e. The molecule has 0 N–H and O–H groups in total. The zero-order valence-electron chi connectivity index (χ0n) is 38.0. The molecular weight excluding hydrogens is 739 g/mol. The molecule has 5 heteroatoms. The van der Waals surface area contributed by atoms with Crippen LogP contribution in [-0.4, -0.2) is 24.9 Å². The quantitative estimate of drug-likeness (QED) is 0.0900. The Labute approximate surface area is 357 Å². The number of hydrogen-bond acceptors (Lipinski definition) is 4. The second-order valence-electron chi connectivity index (χ2n) is 17.5. The van der Waals surface area contributed by atoms with Crippen LogP contribution in [0, 0.1) is 0 Å². The van der Waals surface area contributed by atoms with Crippen molar-refractivity contribution in [3.8, 4) is 0 Å². The largest absolute Gasteiger partial charge is 0.255 e. The average molecular weight is 812 g/mol. The van der Waals surface area contributed by atoms with Crippen molar-refractivity contribution in [1.82, 2.24) is 0 Å². The molecule has 0 bridgehead atoms. The summed E-state index contributed by atoms with van der Waals surface area (Å²) in [6.07, 6.45) is 7.42. The van der Waals surface area contributed by atoms with Crippen LogP contribution >= 0.6 is 0 Å². The Kier molecular flexibility index (Phi) is 20.2. The van der Waals surface area contributed by atoms with Gasteiger partial charge in [0.15, 0.2) is 0 Å². The fourth-order valence-corrected chi connectivity index (χ4v) is 7.07. The van der Waals surface area contributed by atoms with Gasteiger partial charge in [-0.2, -0.15) is 0 Å². The minimum absolute atomic E-state index is 0. The molecule has 57 heavy (non-hydrogen) atoms. The van der Waals surface area contributed by atoms with Crippen molar-refractivity contribution in [2.45, 2.75) is 158 Å². The van der Waals surface area contributed by atoms with E-state index in [-0.39, 0.29) is 16.5 Å². The summed E-state index contributed by atoms with van der Waals surface area (Å²) in [7, 11) is 0. The van der Waals surface area contributed by atoms with E-state index in [1.165, 1.54) is 44.5 Å². The Balaban J connectivity index is 0.000000387. The molecule has 310 valence electrons. The van der Waals surface area contributed by atoms with Crippen LogP contribution in [0.4, 0.5) is 22.7 Å². The maximum atomic E-state index is 4.84. The van der Waals surface area contributed by atoms with Gasteiger partial charge in [-0.15, -0.1) is 0 Å². The van der Waals surface area contributed by atoms with E-state index in [4.69, 9.17) is 20.0 Å². The van der Waals surface area contributed by atoms with Gasteiger partial charge in [-0.3, -0.25) is 20.0 Å².